The Balaban J connectivity index is 1.34. The number of hydrogen-bond acceptors (Lipinski definition) is 3. The minimum atomic E-state index is -0.282. The summed E-state index contributed by atoms with van der Waals surface area (Å²) in [5, 5.41) is 3.71. The zero-order valence-corrected chi connectivity index (χ0v) is 21.7. The van der Waals surface area contributed by atoms with Crippen molar-refractivity contribution in [3.8, 4) is 0 Å². The second-order valence-electron chi connectivity index (χ2n) is 12.5. The minimum Gasteiger partial charge on any atom is -0.387 e. The normalized spacial score (nSPS) is 35.3. The SMILES string of the molecule is C[C@@]12CCC[C@H]1[C@@H]1CNC3=CC(=O)C[C@@H](C(=O)CC(c4ccccc4)c4ccccc4)[C@]3(C)[C@H]1CC2. The average molecular weight is 482 g/mol. The van der Waals surface area contributed by atoms with Gasteiger partial charge in [0.1, 0.15) is 5.78 Å². The molecule has 0 bridgehead atoms. The molecule has 188 valence electrons. The Kier molecular flexibility index (Phi) is 5.93. The summed E-state index contributed by atoms with van der Waals surface area (Å²) in [6.07, 6.45) is 9.05. The maximum absolute atomic E-state index is 14.3. The van der Waals surface area contributed by atoms with E-state index in [0.717, 1.165) is 18.2 Å². The highest BCUT2D eigenvalue weighted by Gasteiger charge is 2.60. The molecule has 36 heavy (non-hydrogen) atoms. The van der Waals surface area contributed by atoms with Gasteiger partial charge in [-0.25, -0.2) is 0 Å². The van der Waals surface area contributed by atoms with Crippen molar-refractivity contribution in [3.63, 3.8) is 0 Å². The number of hydrogen-bond donors (Lipinski definition) is 1. The first-order valence-corrected chi connectivity index (χ1v) is 14.0. The van der Waals surface area contributed by atoms with E-state index in [1.54, 1.807) is 0 Å². The van der Waals surface area contributed by atoms with Gasteiger partial charge in [0.15, 0.2) is 5.78 Å². The van der Waals surface area contributed by atoms with Crippen LogP contribution in [0.3, 0.4) is 0 Å². The molecule has 6 atom stereocenters. The van der Waals surface area contributed by atoms with Crippen LogP contribution < -0.4 is 5.32 Å². The fourth-order valence-electron chi connectivity index (χ4n) is 8.80. The van der Waals surface area contributed by atoms with E-state index in [1.807, 2.05) is 18.2 Å². The third-order valence-electron chi connectivity index (χ3n) is 10.7. The predicted octanol–water partition coefficient (Wildman–Crippen LogP) is 6.69. The summed E-state index contributed by atoms with van der Waals surface area (Å²) in [5.74, 6) is 1.89. The molecule has 0 radical (unpaired) electrons. The van der Waals surface area contributed by atoms with Crippen molar-refractivity contribution < 1.29 is 9.59 Å². The Bertz CT molecular complexity index is 1130. The maximum atomic E-state index is 14.3. The molecular formula is C33H39NO2. The number of rotatable bonds is 5. The highest BCUT2D eigenvalue weighted by atomic mass is 16.1. The van der Waals surface area contributed by atoms with Gasteiger partial charge in [-0.1, -0.05) is 80.9 Å². The van der Waals surface area contributed by atoms with Gasteiger partial charge < -0.3 is 5.32 Å². The molecule has 0 amide bonds. The van der Waals surface area contributed by atoms with E-state index >= 15 is 0 Å². The number of allylic oxidation sites excluding steroid dienone is 2. The summed E-state index contributed by atoms with van der Waals surface area (Å²) in [4.78, 5) is 27.2. The molecule has 1 saturated heterocycles. The number of ketones is 2. The molecular weight excluding hydrogens is 442 g/mol. The number of benzene rings is 2. The first-order chi connectivity index (χ1) is 17.4. The zero-order chi connectivity index (χ0) is 24.9. The number of nitrogens with one attached hydrogen (secondary N) is 1. The second kappa shape index (κ2) is 9.01. The van der Waals surface area contributed by atoms with Gasteiger partial charge in [0.05, 0.1) is 0 Å². The van der Waals surface area contributed by atoms with Crippen LogP contribution in [0, 0.1) is 34.5 Å². The molecule has 3 fully saturated rings. The Morgan fingerprint density at radius 2 is 1.61 bits per heavy atom. The standard InChI is InChI=1S/C33H39NO2/c1-32-16-9-14-27(32)26-21-34-31-19-24(35)18-29(33(31,2)28(26)15-17-32)30(36)20-25(22-10-5-3-6-11-22)23-12-7-4-8-13-23/h3-8,10-13,19,25-29,34H,9,14-18,20-21H2,1-2H3/t26-,27-,28-,29-,32-,33-/m0/s1. The molecule has 2 saturated carbocycles. The van der Waals surface area contributed by atoms with Crippen LogP contribution in [0.15, 0.2) is 72.4 Å². The van der Waals surface area contributed by atoms with E-state index in [4.69, 9.17) is 0 Å². The van der Waals surface area contributed by atoms with Crippen LogP contribution in [-0.2, 0) is 9.59 Å². The Morgan fingerprint density at radius 3 is 2.28 bits per heavy atom. The van der Waals surface area contributed by atoms with Crippen molar-refractivity contribution in [2.45, 2.75) is 64.7 Å². The molecule has 2 aromatic carbocycles. The summed E-state index contributed by atoms with van der Waals surface area (Å²) in [6.45, 7) is 5.78. The van der Waals surface area contributed by atoms with Crippen LogP contribution in [0.4, 0.5) is 0 Å². The zero-order valence-electron chi connectivity index (χ0n) is 21.7. The molecule has 3 nitrogen and oxygen atoms in total. The van der Waals surface area contributed by atoms with Crippen LogP contribution in [0.25, 0.3) is 0 Å². The van der Waals surface area contributed by atoms with Gasteiger partial charge in [0.25, 0.3) is 0 Å². The van der Waals surface area contributed by atoms with Gasteiger partial charge in [0, 0.05) is 48.4 Å². The lowest BCUT2D eigenvalue weighted by molar-refractivity contribution is -0.137. The summed E-state index contributed by atoms with van der Waals surface area (Å²) in [6, 6.07) is 20.8. The first-order valence-electron chi connectivity index (χ1n) is 14.0. The van der Waals surface area contributed by atoms with Crippen molar-refractivity contribution in [1.82, 2.24) is 5.32 Å². The van der Waals surface area contributed by atoms with Gasteiger partial charge in [-0.3, -0.25) is 9.59 Å². The molecule has 0 spiro atoms. The number of carbonyl (C=O) groups is 2. The minimum absolute atomic E-state index is 0.00443. The van der Waals surface area contributed by atoms with Gasteiger partial charge in [0.2, 0.25) is 0 Å². The summed E-state index contributed by atoms with van der Waals surface area (Å²) in [7, 11) is 0. The Labute approximate surface area is 215 Å². The van der Waals surface area contributed by atoms with E-state index < -0.39 is 0 Å². The van der Waals surface area contributed by atoms with Gasteiger partial charge >= 0.3 is 0 Å². The average Bonchev–Trinajstić information content (AvgIpc) is 3.30. The lowest BCUT2D eigenvalue weighted by atomic mass is 9.48. The summed E-state index contributed by atoms with van der Waals surface area (Å²) < 4.78 is 0. The molecule has 2 aromatic rings. The largest absolute Gasteiger partial charge is 0.387 e. The molecule has 0 aromatic heterocycles. The van der Waals surface area contributed by atoms with Crippen molar-refractivity contribution in [2.24, 2.45) is 34.5 Å². The molecule has 1 aliphatic heterocycles. The van der Waals surface area contributed by atoms with Crippen LogP contribution in [-0.4, -0.2) is 18.1 Å². The van der Waals surface area contributed by atoms with Crippen molar-refractivity contribution in [1.29, 1.82) is 0 Å². The summed E-state index contributed by atoms with van der Waals surface area (Å²) >= 11 is 0. The highest BCUT2D eigenvalue weighted by Crippen LogP contribution is 2.63. The van der Waals surface area contributed by atoms with Crippen LogP contribution in [0.5, 0.6) is 0 Å². The van der Waals surface area contributed by atoms with Crippen LogP contribution in [0.2, 0.25) is 0 Å². The lowest BCUT2D eigenvalue weighted by Gasteiger charge is -2.59. The van der Waals surface area contributed by atoms with E-state index in [-0.39, 0.29) is 28.8 Å². The van der Waals surface area contributed by atoms with E-state index in [1.165, 1.54) is 43.2 Å². The van der Waals surface area contributed by atoms with Crippen molar-refractivity contribution in [2.75, 3.05) is 6.54 Å². The van der Waals surface area contributed by atoms with E-state index in [2.05, 4.69) is 67.7 Å². The van der Waals surface area contributed by atoms with Gasteiger partial charge in [-0.2, -0.15) is 0 Å². The molecule has 0 unspecified atom stereocenters. The highest BCUT2D eigenvalue weighted by molar-refractivity contribution is 5.97. The number of carbonyl (C=O) groups excluding carboxylic acids is 2. The van der Waals surface area contributed by atoms with Gasteiger partial charge in [-0.05, 0) is 60.0 Å². The lowest BCUT2D eigenvalue weighted by Crippen LogP contribution is -2.59. The molecule has 4 aliphatic rings. The Hall–Kier alpha value is -2.68. The van der Waals surface area contributed by atoms with E-state index in [0.29, 0.717) is 30.1 Å². The monoisotopic (exact) mass is 481 g/mol. The van der Waals surface area contributed by atoms with Gasteiger partial charge in [-0.15, -0.1) is 0 Å². The first kappa shape index (κ1) is 23.7. The number of Topliss-reactive ketones (excluding diaryl/α,β-unsaturated/α-hetero) is 1. The topological polar surface area (TPSA) is 46.2 Å². The maximum Gasteiger partial charge on any atom is 0.158 e. The molecule has 6 rings (SSSR count). The molecule has 3 heteroatoms. The molecule has 1 N–H and O–H groups in total. The quantitative estimate of drug-likeness (QED) is 0.517. The van der Waals surface area contributed by atoms with Crippen molar-refractivity contribution >= 4 is 11.6 Å². The van der Waals surface area contributed by atoms with Crippen LogP contribution in [0.1, 0.15) is 75.8 Å². The van der Waals surface area contributed by atoms with Crippen LogP contribution >= 0.6 is 0 Å². The fraction of sp³-hybridized carbons (Fsp3) is 0.515. The molecule has 3 aliphatic carbocycles. The smallest absolute Gasteiger partial charge is 0.158 e. The third-order valence-corrected chi connectivity index (χ3v) is 10.7. The number of fused-ring (bicyclic) bond motifs is 5. The Morgan fingerprint density at radius 1 is 0.944 bits per heavy atom. The van der Waals surface area contributed by atoms with Crippen molar-refractivity contribution in [3.05, 3.63) is 83.6 Å². The fourth-order valence-corrected chi connectivity index (χ4v) is 8.80. The summed E-state index contributed by atoms with van der Waals surface area (Å²) in [5.41, 5.74) is 3.54. The molecule has 1 heterocycles. The van der Waals surface area contributed by atoms with E-state index in [9.17, 15) is 9.59 Å². The number of piperidine rings is 1. The predicted molar refractivity (Wildman–Crippen MR) is 143 cm³/mol. The third kappa shape index (κ3) is 3.78. The second-order valence-corrected chi connectivity index (χ2v) is 12.5.